The molecule has 1 saturated heterocycles. The van der Waals surface area contributed by atoms with Gasteiger partial charge in [-0.05, 0) is 42.2 Å². The fraction of sp³-hybridized carbons (Fsp3) is 0.619. The second-order valence-electron chi connectivity index (χ2n) is 8.65. The van der Waals surface area contributed by atoms with Gasteiger partial charge in [-0.15, -0.1) is 0 Å². The van der Waals surface area contributed by atoms with Gasteiger partial charge in [0, 0.05) is 38.3 Å². The van der Waals surface area contributed by atoms with Crippen LogP contribution >= 0.6 is 0 Å². The Morgan fingerprint density at radius 1 is 1.27 bits per heavy atom. The zero-order chi connectivity index (χ0) is 18.5. The van der Waals surface area contributed by atoms with Gasteiger partial charge in [0.2, 0.25) is 11.8 Å². The normalized spacial score (nSPS) is 30.1. The third kappa shape index (κ3) is 2.82. The molecule has 1 aromatic rings. The van der Waals surface area contributed by atoms with Crippen LogP contribution in [0.25, 0.3) is 0 Å². The molecule has 5 nitrogen and oxygen atoms in total. The Morgan fingerprint density at radius 2 is 2.04 bits per heavy atom. The quantitative estimate of drug-likeness (QED) is 0.899. The molecule has 140 valence electrons. The Bertz CT molecular complexity index is 732. The number of hydrogen-bond acceptors (Lipinski definition) is 3. The van der Waals surface area contributed by atoms with Crippen molar-refractivity contribution in [3.8, 4) is 0 Å². The number of nitrogens with zero attached hydrogens (tertiary/aromatic N) is 2. The summed E-state index contributed by atoms with van der Waals surface area (Å²) in [7, 11) is 1.71. The average Bonchev–Trinajstić information content (AvgIpc) is 2.98. The number of anilines is 1. The van der Waals surface area contributed by atoms with E-state index in [0.717, 1.165) is 44.6 Å². The van der Waals surface area contributed by atoms with Gasteiger partial charge in [0.25, 0.3) is 0 Å². The van der Waals surface area contributed by atoms with Crippen molar-refractivity contribution in [2.24, 2.45) is 17.3 Å². The number of likely N-dealkylation sites (tertiary alicyclic amines) is 1. The molecule has 2 fully saturated rings. The lowest BCUT2D eigenvalue weighted by Crippen LogP contribution is -2.43. The van der Waals surface area contributed by atoms with Crippen LogP contribution in [0, 0.1) is 17.3 Å². The fourth-order valence-corrected chi connectivity index (χ4v) is 5.03. The van der Waals surface area contributed by atoms with Crippen molar-refractivity contribution in [2.75, 3.05) is 31.6 Å². The molecule has 0 aromatic heterocycles. The van der Waals surface area contributed by atoms with Crippen molar-refractivity contribution in [3.05, 3.63) is 29.8 Å². The number of carbonyl (C=O) groups excluding carboxylic acids is 2. The van der Waals surface area contributed by atoms with E-state index in [4.69, 9.17) is 0 Å². The largest absolute Gasteiger partial charge is 0.358 e. The zero-order valence-electron chi connectivity index (χ0n) is 16.0. The number of nitrogens with one attached hydrogen (secondary N) is 1. The number of fused-ring (bicyclic) bond motifs is 1. The predicted octanol–water partition coefficient (Wildman–Crippen LogP) is 2.06. The maximum atomic E-state index is 13.2. The highest BCUT2D eigenvalue weighted by molar-refractivity contribution is 5.99. The first-order valence-corrected chi connectivity index (χ1v) is 9.80. The van der Waals surface area contributed by atoms with Crippen molar-refractivity contribution >= 4 is 17.5 Å². The SMILES string of the molecule is CNC(=O)[C@@H]1C[C@@]2(C[C@@H]2C(=O)N2CCc3ccccc32)CN1CC(C)C. The molecular weight excluding hydrogens is 326 g/mol. The van der Waals surface area contributed by atoms with E-state index in [0.29, 0.717) is 5.92 Å². The highest BCUT2D eigenvalue weighted by atomic mass is 16.2. The van der Waals surface area contributed by atoms with Crippen LogP contribution in [0.4, 0.5) is 5.69 Å². The van der Waals surface area contributed by atoms with Gasteiger partial charge in [-0.1, -0.05) is 32.0 Å². The summed E-state index contributed by atoms with van der Waals surface area (Å²) in [5.41, 5.74) is 2.35. The molecule has 1 aliphatic carbocycles. The lowest BCUT2D eigenvalue weighted by molar-refractivity contribution is -0.125. The number of carbonyl (C=O) groups is 2. The third-order valence-corrected chi connectivity index (χ3v) is 6.35. The maximum absolute atomic E-state index is 13.2. The van der Waals surface area contributed by atoms with Crippen molar-refractivity contribution in [3.63, 3.8) is 0 Å². The summed E-state index contributed by atoms with van der Waals surface area (Å²) in [5, 5.41) is 2.81. The summed E-state index contributed by atoms with van der Waals surface area (Å²) in [6.07, 6.45) is 2.68. The minimum absolute atomic E-state index is 0.000678. The van der Waals surface area contributed by atoms with Crippen LogP contribution in [0.15, 0.2) is 24.3 Å². The first-order valence-electron chi connectivity index (χ1n) is 9.80. The van der Waals surface area contributed by atoms with Crippen molar-refractivity contribution < 1.29 is 9.59 Å². The summed E-state index contributed by atoms with van der Waals surface area (Å²) < 4.78 is 0. The second-order valence-corrected chi connectivity index (χ2v) is 8.65. The standard InChI is InChI=1S/C21H29N3O2/c1-14(2)12-23-13-21(11-18(23)19(25)22-3)10-16(21)20(26)24-9-8-15-6-4-5-7-17(15)24/h4-7,14,16,18H,8-13H2,1-3H3,(H,22,25)/t16-,18+,21+/m1/s1. The first kappa shape index (κ1) is 17.5. The summed E-state index contributed by atoms with van der Waals surface area (Å²) in [5.74, 6) is 0.929. The van der Waals surface area contributed by atoms with Gasteiger partial charge in [-0.3, -0.25) is 14.5 Å². The zero-order valence-corrected chi connectivity index (χ0v) is 16.0. The van der Waals surface area contributed by atoms with E-state index >= 15 is 0 Å². The number of para-hydroxylation sites is 1. The highest BCUT2D eigenvalue weighted by Crippen LogP contribution is 2.61. The Labute approximate surface area is 155 Å². The average molecular weight is 355 g/mol. The molecule has 2 heterocycles. The van der Waals surface area contributed by atoms with E-state index in [-0.39, 0.29) is 29.2 Å². The topological polar surface area (TPSA) is 52.7 Å². The lowest BCUT2D eigenvalue weighted by Gasteiger charge is -2.24. The number of amides is 2. The molecule has 4 rings (SSSR count). The summed E-state index contributed by atoms with van der Waals surface area (Å²) in [4.78, 5) is 29.9. The Kier molecular flexibility index (Phi) is 4.30. The van der Waals surface area contributed by atoms with E-state index in [1.54, 1.807) is 7.05 Å². The van der Waals surface area contributed by atoms with Crippen molar-refractivity contribution in [1.82, 2.24) is 10.2 Å². The molecular formula is C21H29N3O2. The molecule has 2 aliphatic heterocycles. The van der Waals surface area contributed by atoms with Crippen LogP contribution in [-0.4, -0.2) is 49.4 Å². The van der Waals surface area contributed by atoms with Gasteiger partial charge in [0.05, 0.1) is 6.04 Å². The maximum Gasteiger partial charge on any atom is 0.237 e. The third-order valence-electron chi connectivity index (χ3n) is 6.35. The monoisotopic (exact) mass is 355 g/mol. The number of likely N-dealkylation sites (N-methyl/N-ethyl adjacent to an activating group) is 1. The molecule has 3 atom stereocenters. The van der Waals surface area contributed by atoms with Crippen LogP contribution in [0.3, 0.4) is 0 Å². The van der Waals surface area contributed by atoms with Gasteiger partial charge >= 0.3 is 0 Å². The van der Waals surface area contributed by atoms with Gasteiger partial charge < -0.3 is 10.2 Å². The fourth-order valence-electron chi connectivity index (χ4n) is 5.03. The van der Waals surface area contributed by atoms with Crippen LogP contribution < -0.4 is 10.2 Å². The van der Waals surface area contributed by atoms with E-state index in [2.05, 4.69) is 36.2 Å². The minimum Gasteiger partial charge on any atom is -0.358 e. The van der Waals surface area contributed by atoms with Crippen LogP contribution in [-0.2, 0) is 16.0 Å². The van der Waals surface area contributed by atoms with Crippen LogP contribution in [0.1, 0.15) is 32.3 Å². The van der Waals surface area contributed by atoms with Crippen molar-refractivity contribution in [2.45, 2.75) is 39.2 Å². The van der Waals surface area contributed by atoms with Gasteiger partial charge in [-0.2, -0.15) is 0 Å². The number of benzene rings is 1. The van der Waals surface area contributed by atoms with Gasteiger partial charge in [0.15, 0.2) is 0 Å². The number of hydrogen-bond donors (Lipinski definition) is 1. The Morgan fingerprint density at radius 3 is 2.77 bits per heavy atom. The Balaban J connectivity index is 1.50. The summed E-state index contributed by atoms with van der Waals surface area (Å²) in [6, 6.07) is 8.13. The summed E-state index contributed by atoms with van der Waals surface area (Å²) >= 11 is 0. The molecule has 3 aliphatic rings. The first-order chi connectivity index (χ1) is 12.4. The molecule has 5 heteroatoms. The molecule has 0 bridgehead atoms. The van der Waals surface area contributed by atoms with E-state index in [1.807, 2.05) is 17.0 Å². The molecule has 0 unspecified atom stereocenters. The minimum atomic E-state index is -0.0916. The van der Waals surface area contributed by atoms with E-state index in [9.17, 15) is 9.59 Å². The highest BCUT2D eigenvalue weighted by Gasteiger charge is 2.64. The number of rotatable bonds is 4. The Hall–Kier alpha value is -1.88. The van der Waals surface area contributed by atoms with Gasteiger partial charge in [0.1, 0.15) is 0 Å². The van der Waals surface area contributed by atoms with E-state index < -0.39 is 0 Å². The molecule has 26 heavy (non-hydrogen) atoms. The molecule has 1 N–H and O–H groups in total. The molecule has 1 spiro atoms. The molecule has 1 aromatic carbocycles. The molecule has 2 amide bonds. The second kappa shape index (κ2) is 6.38. The van der Waals surface area contributed by atoms with E-state index in [1.165, 1.54) is 5.56 Å². The van der Waals surface area contributed by atoms with Crippen molar-refractivity contribution in [1.29, 1.82) is 0 Å². The summed E-state index contributed by atoms with van der Waals surface area (Å²) in [6.45, 7) is 6.94. The van der Waals surface area contributed by atoms with Crippen LogP contribution in [0.5, 0.6) is 0 Å². The van der Waals surface area contributed by atoms with Gasteiger partial charge in [-0.25, -0.2) is 0 Å². The smallest absolute Gasteiger partial charge is 0.237 e. The lowest BCUT2D eigenvalue weighted by atomic mass is 9.98. The molecule has 1 saturated carbocycles. The molecule has 0 radical (unpaired) electrons. The van der Waals surface area contributed by atoms with Crippen LogP contribution in [0.2, 0.25) is 0 Å². The predicted molar refractivity (Wildman–Crippen MR) is 102 cm³/mol.